The summed E-state index contributed by atoms with van der Waals surface area (Å²) in [4.78, 5) is 12.1. The van der Waals surface area contributed by atoms with E-state index in [-0.39, 0.29) is 11.9 Å². The second-order valence-electron chi connectivity index (χ2n) is 4.68. The Labute approximate surface area is 115 Å². The van der Waals surface area contributed by atoms with Crippen molar-refractivity contribution in [2.24, 2.45) is 5.73 Å². The van der Waals surface area contributed by atoms with Crippen LogP contribution >= 0.6 is 15.9 Å². The molecule has 1 aromatic rings. The Morgan fingerprint density at radius 1 is 1.56 bits per heavy atom. The Balaban J connectivity index is 2.06. The topological polar surface area (TPSA) is 64.4 Å². The standard InChI is InChI=1S/C13H17BrN2O2/c1-9(10-4-2-3-5-11(10)14)16-12(17)13(15)6-7-18-8-13/h2-5,9H,6-8,15H2,1H3,(H,16,17)/t9-,13?/m0/s1. The van der Waals surface area contributed by atoms with Crippen LogP contribution in [0.4, 0.5) is 0 Å². The molecule has 0 aromatic heterocycles. The molecule has 1 aliphatic rings. The molecule has 1 saturated heterocycles. The zero-order chi connectivity index (χ0) is 13.2. The van der Waals surface area contributed by atoms with Crippen molar-refractivity contribution in [1.29, 1.82) is 0 Å². The van der Waals surface area contributed by atoms with Crippen LogP contribution in [0.5, 0.6) is 0 Å². The number of nitrogens with one attached hydrogen (secondary N) is 1. The Bertz CT molecular complexity index is 444. The lowest BCUT2D eigenvalue weighted by atomic mass is 9.98. The summed E-state index contributed by atoms with van der Waals surface area (Å²) < 4.78 is 6.18. The van der Waals surface area contributed by atoms with Crippen LogP contribution < -0.4 is 11.1 Å². The first-order valence-corrected chi connectivity index (χ1v) is 6.74. The molecule has 18 heavy (non-hydrogen) atoms. The fourth-order valence-corrected chi connectivity index (χ4v) is 2.63. The maximum Gasteiger partial charge on any atom is 0.243 e. The van der Waals surface area contributed by atoms with Crippen LogP contribution in [0.3, 0.4) is 0 Å². The van der Waals surface area contributed by atoms with Gasteiger partial charge in [0.05, 0.1) is 12.6 Å². The van der Waals surface area contributed by atoms with E-state index in [1.807, 2.05) is 31.2 Å². The van der Waals surface area contributed by atoms with E-state index in [4.69, 9.17) is 10.5 Å². The summed E-state index contributed by atoms with van der Waals surface area (Å²) in [6.07, 6.45) is 0.571. The molecule has 0 aliphatic carbocycles. The van der Waals surface area contributed by atoms with Crippen LogP contribution in [0.2, 0.25) is 0 Å². The van der Waals surface area contributed by atoms with E-state index in [9.17, 15) is 4.79 Å². The van der Waals surface area contributed by atoms with Crippen molar-refractivity contribution in [3.63, 3.8) is 0 Å². The van der Waals surface area contributed by atoms with Gasteiger partial charge in [0.15, 0.2) is 0 Å². The summed E-state index contributed by atoms with van der Waals surface area (Å²) >= 11 is 3.48. The van der Waals surface area contributed by atoms with E-state index < -0.39 is 5.54 Å². The Morgan fingerprint density at radius 2 is 2.28 bits per heavy atom. The van der Waals surface area contributed by atoms with Crippen molar-refractivity contribution < 1.29 is 9.53 Å². The maximum absolute atomic E-state index is 12.1. The fourth-order valence-electron chi connectivity index (χ4n) is 2.00. The van der Waals surface area contributed by atoms with Crippen molar-refractivity contribution in [1.82, 2.24) is 5.32 Å². The predicted octanol–water partition coefficient (Wildman–Crippen LogP) is 1.74. The van der Waals surface area contributed by atoms with Crippen molar-refractivity contribution in [2.45, 2.75) is 24.9 Å². The van der Waals surface area contributed by atoms with E-state index in [0.29, 0.717) is 19.6 Å². The normalized spacial score (nSPS) is 24.8. The molecule has 2 atom stereocenters. The highest BCUT2D eigenvalue weighted by Gasteiger charge is 2.38. The number of hydrogen-bond acceptors (Lipinski definition) is 3. The first-order valence-electron chi connectivity index (χ1n) is 5.95. The van der Waals surface area contributed by atoms with E-state index in [2.05, 4.69) is 21.2 Å². The second kappa shape index (κ2) is 5.38. The number of rotatable bonds is 3. The smallest absolute Gasteiger partial charge is 0.243 e. The molecule has 1 heterocycles. The number of carbonyl (C=O) groups is 1. The number of benzene rings is 1. The van der Waals surface area contributed by atoms with Gasteiger partial charge >= 0.3 is 0 Å². The quantitative estimate of drug-likeness (QED) is 0.893. The SMILES string of the molecule is C[C@H](NC(=O)C1(N)CCOC1)c1ccccc1Br. The number of carbonyl (C=O) groups excluding carboxylic acids is 1. The average molecular weight is 313 g/mol. The highest BCUT2D eigenvalue weighted by Crippen LogP contribution is 2.24. The summed E-state index contributed by atoms with van der Waals surface area (Å²) in [5, 5.41) is 2.95. The Hall–Kier alpha value is -0.910. The minimum atomic E-state index is -0.879. The molecule has 0 radical (unpaired) electrons. The van der Waals surface area contributed by atoms with Crippen LogP contribution in [0, 0.1) is 0 Å². The molecule has 2 rings (SSSR count). The molecule has 1 aromatic carbocycles. The Morgan fingerprint density at radius 3 is 2.89 bits per heavy atom. The number of halogens is 1. The third kappa shape index (κ3) is 2.74. The molecule has 0 spiro atoms. The summed E-state index contributed by atoms with van der Waals surface area (Å²) in [5.41, 5.74) is 6.17. The third-order valence-electron chi connectivity index (χ3n) is 3.22. The maximum atomic E-state index is 12.1. The average Bonchev–Trinajstić information content (AvgIpc) is 2.78. The summed E-state index contributed by atoms with van der Waals surface area (Å²) in [6.45, 7) is 2.78. The lowest BCUT2D eigenvalue weighted by Gasteiger charge is -2.24. The van der Waals surface area contributed by atoms with Gasteiger partial charge in [-0.3, -0.25) is 4.79 Å². The fraction of sp³-hybridized carbons (Fsp3) is 0.462. The minimum Gasteiger partial charge on any atom is -0.379 e. The van der Waals surface area contributed by atoms with E-state index in [1.54, 1.807) is 0 Å². The van der Waals surface area contributed by atoms with Crippen LogP contribution in [0.1, 0.15) is 24.9 Å². The lowest BCUT2D eigenvalue weighted by Crippen LogP contribution is -2.54. The van der Waals surface area contributed by atoms with Gasteiger partial charge in [-0.1, -0.05) is 34.1 Å². The molecule has 0 bridgehead atoms. The monoisotopic (exact) mass is 312 g/mol. The molecule has 1 fully saturated rings. The molecule has 5 heteroatoms. The molecule has 4 nitrogen and oxygen atoms in total. The molecule has 1 unspecified atom stereocenters. The van der Waals surface area contributed by atoms with Crippen LogP contribution in [-0.2, 0) is 9.53 Å². The van der Waals surface area contributed by atoms with Gasteiger partial charge in [0, 0.05) is 11.1 Å². The molecule has 1 amide bonds. The summed E-state index contributed by atoms with van der Waals surface area (Å²) in [5.74, 6) is -0.150. The molecule has 3 N–H and O–H groups in total. The van der Waals surface area contributed by atoms with Gasteiger partial charge in [0.1, 0.15) is 5.54 Å². The highest BCUT2D eigenvalue weighted by atomic mass is 79.9. The zero-order valence-corrected chi connectivity index (χ0v) is 11.9. The van der Waals surface area contributed by atoms with Gasteiger partial charge in [-0.25, -0.2) is 0 Å². The van der Waals surface area contributed by atoms with Crippen LogP contribution in [-0.4, -0.2) is 24.7 Å². The molecule has 1 aliphatic heterocycles. The van der Waals surface area contributed by atoms with Gasteiger partial charge in [-0.15, -0.1) is 0 Å². The zero-order valence-electron chi connectivity index (χ0n) is 10.3. The third-order valence-corrected chi connectivity index (χ3v) is 3.95. The van der Waals surface area contributed by atoms with Crippen molar-refractivity contribution >= 4 is 21.8 Å². The number of amides is 1. The number of ether oxygens (including phenoxy) is 1. The molecular formula is C13H17BrN2O2. The van der Waals surface area contributed by atoms with Gasteiger partial charge < -0.3 is 15.8 Å². The minimum absolute atomic E-state index is 0.0888. The van der Waals surface area contributed by atoms with Gasteiger partial charge in [-0.05, 0) is 25.0 Å². The summed E-state index contributed by atoms with van der Waals surface area (Å²) in [7, 11) is 0. The highest BCUT2D eigenvalue weighted by molar-refractivity contribution is 9.10. The molecule has 98 valence electrons. The number of nitrogens with two attached hydrogens (primary N) is 1. The molecular weight excluding hydrogens is 296 g/mol. The van der Waals surface area contributed by atoms with Crippen LogP contribution in [0.25, 0.3) is 0 Å². The largest absolute Gasteiger partial charge is 0.379 e. The number of hydrogen-bond donors (Lipinski definition) is 2. The lowest BCUT2D eigenvalue weighted by molar-refractivity contribution is -0.127. The second-order valence-corrected chi connectivity index (χ2v) is 5.53. The van der Waals surface area contributed by atoms with Crippen molar-refractivity contribution in [2.75, 3.05) is 13.2 Å². The van der Waals surface area contributed by atoms with Gasteiger partial charge in [0.2, 0.25) is 5.91 Å². The van der Waals surface area contributed by atoms with E-state index in [0.717, 1.165) is 10.0 Å². The van der Waals surface area contributed by atoms with E-state index >= 15 is 0 Å². The molecule has 0 saturated carbocycles. The summed E-state index contributed by atoms with van der Waals surface area (Å²) in [6, 6.07) is 7.73. The first kappa shape index (κ1) is 13.5. The van der Waals surface area contributed by atoms with Crippen LogP contribution in [0.15, 0.2) is 28.7 Å². The first-order chi connectivity index (χ1) is 8.53. The Kier molecular flexibility index (Phi) is 4.04. The van der Waals surface area contributed by atoms with Crippen molar-refractivity contribution in [3.8, 4) is 0 Å². The van der Waals surface area contributed by atoms with Gasteiger partial charge in [-0.2, -0.15) is 0 Å². The predicted molar refractivity (Wildman–Crippen MR) is 73.1 cm³/mol. The van der Waals surface area contributed by atoms with Gasteiger partial charge in [0.25, 0.3) is 0 Å². The van der Waals surface area contributed by atoms with E-state index in [1.165, 1.54) is 0 Å². The van der Waals surface area contributed by atoms with Crippen molar-refractivity contribution in [3.05, 3.63) is 34.3 Å².